The summed E-state index contributed by atoms with van der Waals surface area (Å²) in [6.45, 7) is 6.43. The van der Waals surface area contributed by atoms with Crippen molar-refractivity contribution in [2.45, 2.75) is 33.8 Å². The molecule has 1 atom stereocenters. The summed E-state index contributed by atoms with van der Waals surface area (Å²) >= 11 is 0. The number of rotatable bonds is 6. The van der Waals surface area contributed by atoms with Crippen LogP contribution in [0, 0.1) is 13.8 Å². The summed E-state index contributed by atoms with van der Waals surface area (Å²) < 4.78 is 7.27. The van der Waals surface area contributed by atoms with Crippen molar-refractivity contribution >= 4 is 17.5 Å². The van der Waals surface area contributed by atoms with E-state index in [4.69, 9.17) is 4.74 Å². The fraction of sp³-hybridized carbons (Fsp3) is 0.227. The zero-order valence-corrected chi connectivity index (χ0v) is 16.3. The third-order valence-corrected chi connectivity index (χ3v) is 4.69. The Morgan fingerprint density at radius 2 is 1.64 bits per heavy atom. The Morgan fingerprint density at radius 1 is 1.04 bits per heavy atom. The van der Waals surface area contributed by atoms with Crippen molar-refractivity contribution in [2.24, 2.45) is 0 Å². The maximum Gasteiger partial charge on any atom is 0.338 e. The highest BCUT2D eigenvalue weighted by atomic mass is 16.5. The number of hydrogen-bond acceptors (Lipinski definition) is 4. The summed E-state index contributed by atoms with van der Waals surface area (Å²) in [7, 11) is 0. The van der Waals surface area contributed by atoms with Crippen molar-refractivity contribution in [3.63, 3.8) is 0 Å². The van der Waals surface area contributed by atoms with Gasteiger partial charge in [-0.05, 0) is 69.7 Å². The van der Waals surface area contributed by atoms with Crippen LogP contribution in [-0.2, 0) is 4.74 Å². The first-order chi connectivity index (χ1) is 13.3. The van der Waals surface area contributed by atoms with Gasteiger partial charge in [0.1, 0.15) is 0 Å². The molecule has 1 N–H and O–H groups in total. The number of carbonyl (C=O) groups is 3. The number of aromatic nitrogens is 2. The molecular weight excluding hydrogens is 356 g/mol. The van der Waals surface area contributed by atoms with Crippen LogP contribution < -0.4 is 0 Å². The molecule has 0 saturated carbocycles. The molecule has 28 heavy (non-hydrogen) atoms. The Hall–Kier alpha value is -3.41. The molecule has 0 amide bonds. The number of Topliss-reactive ketones (excluding diaryl/α,β-unsaturated/α-hetero) is 2. The second-order valence-corrected chi connectivity index (χ2v) is 6.73. The zero-order valence-electron chi connectivity index (χ0n) is 16.3. The number of benzene rings is 1. The first kappa shape index (κ1) is 19.4. The number of H-pyrrole nitrogens is 1. The minimum atomic E-state index is -0.979. The van der Waals surface area contributed by atoms with E-state index < -0.39 is 12.1 Å². The van der Waals surface area contributed by atoms with Gasteiger partial charge in [-0.15, -0.1) is 0 Å². The first-order valence-corrected chi connectivity index (χ1v) is 8.98. The third kappa shape index (κ3) is 3.67. The van der Waals surface area contributed by atoms with Gasteiger partial charge in [-0.1, -0.05) is 0 Å². The van der Waals surface area contributed by atoms with Crippen molar-refractivity contribution in [1.29, 1.82) is 0 Å². The second kappa shape index (κ2) is 7.68. The molecule has 0 spiro atoms. The van der Waals surface area contributed by atoms with E-state index in [-0.39, 0.29) is 11.6 Å². The Morgan fingerprint density at radius 3 is 2.18 bits per heavy atom. The fourth-order valence-corrected chi connectivity index (χ4v) is 3.29. The SMILES string of the molecule is CC(=O)c1c(C)[nH]c(C(=O)C(C)OC(=O)c2ccc(-n3cccc3)cc2)c1C. The van der Waals surface area contributed by atoms with E-state index in [0.717, 1.165) is 5.69 Å². The van der Waals surface area contributed by atoms with Crippen molar-refractivity contribution in [2.75, 3.05) is 0 Å². The van der Waals surface area contributed by atoms with E-state index in [9.17, 15) is 14.4 Å². The number of aromatic amines is 1. The van der Waals surface area contributed by atoms with Gasteiger partial charge < -0.3 is 14.3 Å². The second-order valence-electron chi connectivity index (χ2n) is 6.73. The van der Waals surface area contributed by atoms with Crippen LogP contribution in [0.2, 0.25) is 0 Å². The quantitative estimate of drug-likeness (QED) is 0.518. The molecule has 2 aromatic heterocycles. The summed E-state index contributed by atoms with van der Waals surface area (Å²) in [5.74, 6) is -1.06. The maximum absolute atomic E-state index is 12.7. The molecule has 144 valence electrons. The summed E-state index contributed by atoms with van der Waals surface area (Å²) in [5, 5.41) is 0. The molecule has 3 aromatic rings. The Balaban J connectivity index is 1.73. The largest absolute Gasteiger partial charge is 0.451 e. The van der Waals surface area contributed by atoms with Gasteiger partial charge in [-0.3, -0.25) is 9.59 Å². The molecule has 1 unspecified atom stereocenters. The van der Waals surface area contributed by atoms with E-state index in [1.807, 2.05) is 29.1 Å². The van der Waals surface area contributed by atoms with Gasteiger partial charge in [0.2, 0.25) is 5.78 Å². The molecule has 6 heteroatoms. The van der Waals surface area contributed by atoms with Crippen LogP contribution in [-0.4, -0.2) is 33.2 Å². The van der Waals surface area contributed by atoms with Gasteiger partial charge in [0.25, 0.3) is 0 Å². The van der Waals surface area contributed by atoms with Crippen molar-refractivity contribution in [3.8, 4) is 5.69 Å². The number of nitrogens with one attached hydrogen (secondary N) is 1. The number of aryl methyl sites for hydroxylation is 1. The van der Waals surface area contributed by atoms with Gasteiger partial charge in [0.05, 0.1) is 11.3 Å². The number of hydrogen-bond donors (Lipinski definition) is 1. The van der Waals surface area contributed by atoms with E-state index >= 15 is 0 Å². The normalized spacial score (nSPS) is 11.9. The number of carbonyl (C=O) groups excluding carboxylic acids is 3. The molecule has 0 fully saturated rings. The highest BCUT2D eigenvalue weighted by Crippen LogP contribution is 2.21. The topological polar surface area (TPSA) is 81.2 Å². The number of ketones is 2. The Bertz CT molecular complexity index is 1030. The van der Waals surface area contributed by atoms with Gasteiger partial charge in [0, 0.05) is 29.3 Å². The average Bonchev–Trinajstić information content (AvgIpc) is 3.29. The third-order valence-electron chi connectivity index (χ3n) is 4.69. The van der Waals surface area contributed by atoms with Gasteiger partial charge >= 0.3 is 5.97 Å². The minimum Gasteiger partial charge on any atom is -0.451 e. The minimum absolute atomic E-state index is 0.113. The lowest BCUT2D eigenvalue weighted by Gasteiger charge is -2.12. The maximum atomic E-state index is 12.7. The van der Waals surface area contributed by atoms with Crippen LogP contribution in [0.5, 0.6) is 0 Å². The lowest BCUT2D eigenvalue weighted by atomic mass is 10.0. The number of nitrogens with zero attached hydrogens (tertiary/aromatic N) is 1. The Labute approximate surface area is 163 Å². The number of ether oxygens (including phenoxy) is 1. The molecule has 0 aliphatic heterocycles. The zero-order chi connectivity index (χ0) is 20.4. The van der Waals surface area contributed by atoms with E-state index in [1.54, 1.807) is 38.1 Å². The van der Waals surface area contributed by atoms with Crippen LogP contribution >= 0.6 is 0 Å². The van der Waals surface area contributed by atoms with Gasteiger partial charge in [0.15, 0.2) is 11.9 Å². The first-order valence-electron chi connectivity index (χ1n) is 8.98. The summed E-state index contributed by atoms with van der Waals surface area (Å²) in [5.41, 5.74) is 3.29. The molecule has 3 rings (SSSR count). The predicted octanol–water partition coefficient (Wildman–Crippen LogP) is 4.05. The molecule has 2 heterocycles. The number of esters is 1. The molecule has 0 aliphatic carbocycles. The molecule has 1 aromatic carbocycles. The van der Waals surface area contributed by atoms with E-state index in [0.29, 0.717) is 28.1 Å². The molecule has 0 bridgehead atoms. The van der Waals surface area contributed by atoms with Gasteiger partial charge in [-0.2, -0.15) is 0 Å². The molecule has 0 radical (unpaired) electrons. The van der Waals surface area contributed by atoms with E-state index in [2.05, 4.69) is 4.98 Å². The summed E-state index contributed by atoms with van der Waals surface area (Å²) in [4.78, 5) is 39.8. The van der Waals surface area contributed by atoms with E-state index in [1.165, 1.54) is 13.8 Å². The summed E-state index contributed by atoms with van der Waals surface area (Å²) in [6.07, 6.45) is 2.84. The van der Waals surface area contributed by atoms with Crippen molar-refractivity contribution in [1.82, 2.24) is 9.55 Å². The summed E-state index contributed by atoms with van der Waals surface area (Å²) in [6, 6.07) is 10.8. The lowest BCUT2D eigenvalue weighted by Crippen LogP contribution is -2.25. The van der Waals surface area contributed by atoms with Crippen LogP contribution in [0.4, 0.5) is 0 Å². The van der Waals surface area contributed by atoms with Crippen molar-refractivity contribution in [3.05, 3.63) is 76.9 Å². The monoisotopic (exact) mass is 378 g/mol. The predicted molar refractivity (Wildman–Crippen MR) is 105 cm³/mol. The average molecular weight is 378 g/mol. The Kier molecular flexibility index (Phi) is 5.31. The standard InChI is InChI=1S/C22H22N2O4/c1-13-19(15(3)25)14(2)23-20(13)21(26)16(4)28-22(27)17-7-9-18(10-8-17)24-11-5-6-12-24/h5-12,16,23H,1-4H3. The smallest absolute Gasteiger partial charge is 0.338 e. The fourth-order valence-electron chi connectivity index (χ4n) is 3.29. The van der Waals surface area contributed by atoms with Crippen LogP contribution in [0.1, 0.15) is 56.3 Å². The lowest BCUT2D eigenvalue weighted by molar-refractivity contribution is 0.0317. The van der Waals surface area contributed by atoms with Crippen molar-refractivity contribution < 1.29 is 19.1 Å². The highest BCUT2D eigenvalue weighted by Gasteiger charge is 2.26. The molecule has 0 aliphatic rings. The molecular formula is C22H22N2O4. The van der Waals surface area contributed by atoms with Crippen LogP contribution in [0.3, 0.4) is 0 Å². The van der Waals surface area contributed by atoms with Gasteiger partial charge in [-0.25, -0.2) is 4.79 Å². The van der Waals surface area contributed by atoms with Crippen LogP contribution in [0.15, 0.2) is 48.8 Å². The van der Waals surface area contributed by atoms with Crippen LogP contribution in [0.25, 0.3) is 5.69 Å². The highest BCUT2D eigenvalue weighted by molar-refractivity contribution is 6.05. The molecule has 0 saturated heterocycles. The molecule has 6 nitrogen and oxygen atoms in total.